The van der Waals surface area contributed by atoms with E-state index in [1.165, 1.54) is 28.1 Å². The van der Waals surface area contributed by atoms with E-state index in [0.717, 1.165) is 6.42 Å². The third-order valence-corrected chi connectivity index (χ3v) is 4.18. The minimum absolute atomic E-state index is 0.361. The molecule has 0 heterocycles. The first-order valence-corrected chi connectivity index (χ1v) is 8.07. The Hall–Kier alpha value is -2.22. The van der Waals surface area contributed by atoms with Gasteiger partial charge in [-0.25, -0.2) is 0 Å². The molecule has 122 valence electrons. The zero-order valence-electron chi connectivity index (χ0n) is 15.0. The maximum Gasteiger partial charge on any atom is 0.0361 e. The molecule has 0 aliphatic rings. The average Bonchev–Trinajstić information content (AvgIpc) is 2.52. The second kappa shape index (κ2) is 7.36. The molecule has 0 bridgehead atoms. The molecule has 2 aromatic carbocycles. The number of hydrogen-bond acceptors (Lipinski definition) is 2. The van der Waals surface area contributed by atoms with Gasteiger partial charge in [0.05, 0.1) is 0 Å². The first kappa shape index (κ1) is 17.1. The molecule has 0 amide bonds. The van der Waals surface area contributed by atoms with Crippen LogP contribution in [0.25, 0.3) is 0 Å². The molecule has 2 rings (SSSR count). The maximum absolute atomic E-state index is 4.12. The van der Waals surface area contributed by atoms with Crippen molar-refractivity contribution in [2.45, 2.75) is 19.3 Å². The summed E-state index contributed by atoms with van der Waals surface area (Å²) >= 11 is 0. The van der Waals surface area contributed by atoms with Gasteiger partial charge >= 0.3 is 0 Å². The molecule has 0 spiro atoms. The van der Waals surface area contributed by atoms with Crippen molar-refractivity contribution >= 4 is 11.4 Å². The first-order chi connectivity index (χ1) is 10.9. The molecule has 2 heteroatoms. The van der Waals surface area contributed by atoms with Crippen LogP contribution in [0.2, 0.25) is 0 Å². The van der Waals surface area contributed by atoms with Crippen LogP contribution in [0.3, 0.4) is 0 Å². The van der Waals surface area contributed by atoms with Crippen LogP contribution in [-0.4, -0.2) is 28.2 Å². The van der Waals surface area contributed by atoms with Crippen LogP contribution in [0.1, 0.15) is 30.4 Å². The van der Waals surface area contributed by atoms with E-state index in [9.17, 15) is 0 Å². The molecule has 0 fully saturated rings. The fourth-order valence-corrected chi connectivity index (χ4v) is 2.79. The summed E-state index contributed by atoms with van der Waals surface area (Å²) in [5.41, 5.74) is 6.35. The summed E-state index contributed by atoms with van der Waals surface area (Å²) in [6.45, 7) is 6.23. The highest BCUT2D eigenvalue weighted by molar-refractivity contribution is 5.50. The number of anilines is 2. The van der Waals surface area contributed by atoms with Gasteiger partial charge in [-0.2, -0.15) is 0 Å². The van der Waals surface area contributed by atoms with Crippen molar-refractivity contribution in [2.24, 2.45) is 0 Å². The van der Waals surface area contributed by atoms with E-state index >= 15 is 0 Å². The molecule has 0 aromatic heterocycles. The van der Waals surface area contributed by atoms with E-state index in [-0.39, 0.29) is 0 Å². The Morgan fingerprint density at radius 1 is 0.783 bits per heavy atom. The summed E-state index contributed by atoms with van der Waals surface area (Å²) in [4.78, 5) is 4.26. The van der Waals surface area contributed by atoms with Gasteiger partial charge in [0.1, 0.15) is 0 Å². The van der Waals surface area contributed by atoms with E-state index in [2.05, 4.69) is 100 Å². The monoisotopic (exact) mass is 308 g/mol. The van der Waals surface area contributed by atoms with Crippen LogP contribution in [0.15, 0.2) is 60.7 Å². The van der Waals surface area contributed by atoms with Gasteiger partial charge in [-0.3, -0.25) is 0 Å². The highest BCUT2D eigenvalue weighted by atomic mass is 15.1. The van der Waals surface area contributed by atoms with Crippen molar-refractivity contribution in [3.05, 3.63) is 71.8 Å². The van der Waals surface area contributed by atoms with Gasteiger partial charge in [0.15, 0.2) is 0 Å². The zero-order valence-corrected chi connectivity index (χ0v) is 15.0. The van der Waals surface area contributed by atoms with Gasteiger partial charge in [-0.05, 0) is 48.7 Å². The van der Waals surface area contributed by atoms with Crippen LogP contribution in [-0.2, 0) is 0 Å². The molecule has 23 heavy (non-hydrogen) atoms. The van der Waals surface area contributed by atoms with Crippen LogP contribution >= 0.6 is 0 Å². The van der Waals surface area contributed by atoms with Crippen LogP contribution < -0.4 is 9.80 Å². The van der Waals surface area contributed by atoms with E-state index in [4.69, 9.17) is 0 Å². The van der Waals surface area contributed by atoms with Crippen LogP contribution in [0, 0.1) is 0 Å². The maximum atomic E-state index is 4.12. The SMILES string of the molecule is C=C(C)CC(c1ccc(N(C)C)cc1)c1ccc(N(C)C)cc1. The third kappa shape index (κ3) is 4.38. The first-order valence-electron chi connectivity index (χ1n) is 8.07. The lowest BCUT2D eigenvalue weighted by atomic mass is 9.86. The Balaban J connectivity index is 2.34. The molecule has 0 unspecified atom stereocenters. The molecule has 0 aliphatic carbocycles. The summed E-state index contributed by atoms with van der Waals surface area (Å²) in [5, 5.41) is 0. The van der Waals surface area contributed by atoms with Gasteiger partial charge in [-0.1, -0.05) is 29.8 Å². The lowest BCUT2D eigenvalue weighted by Crippen LogP contribution is -2.10. The highest BCUT2D eigenvalue weighted by Gasteiger charge is 2.15. The second-order valence-electron chi connectivity index (χ2n) is 6.69. The Morgan fingerprint density at radius 3 is 1.39 bits per heavy atom. The molecular formula is C21H28N2. The molecule has 0 N–H and O–H groups in total. The molecule has 0 radical (unpaired) electrons. The summed E-state index contributed by atoms with van der Waals surface area (Å²) in [6, 6.07) is 17.7. The average molecular weight is 308 g/mol. The van der Waals surface area contributed by atoms with E-state index < -0.39 is 0 Å². The van der Waals surface area contributed by atoms with Crippen LogP contribution in [0.5, 0.6) is 0 Å². The van der Waals surface area contributed by atoms with E-state index in [1.54, 1.807) is 0 Å². The van der Waals surface area contributed by atoms with Crippen molar-refractivity contribution in [3.63, 3.8) is 0 Å². The van der Waals surface area contributed by atoms with Crippen molar-refractivity contribution < 1.29 is 0 Å². The lowest BCUT2D eigenvalue weighted by molar-refractivity contribution is 0.797. The summed E-state index contributed by atoms with van der Waals surface area (Å²) in [5.74, 6) is 0.361. The Morgan fingerprint density at radius 2 is 1.13 bits per heavy atom. The quantitative estimate of drug-likeness (QED) is 0.699. The van der Waals surface area contributed by atoms with Gasteiger partial charge in [0, 0.05) is 45.5 Å². The Labute approximate surface area is 141 Å². The fourth-order valence-electron chi connectivity index (χ4n) is 2.79. The van der Waals surface area contributed by atoms with Gasteiger partial charge in [-0.15, -0.1) is 6.58 Å². The Kier molecular flexibility index (Phi) is 5.49. The predicted octanol–water partition coefficient (Wildman–Crippen LogP) is 4.92. The van der Waals surface area contributed by atoms with Crippen molar-refractivity contribution in [2.75, 3.05) is 38.0 Å². The number of allylic oxidation sites excluding steroid dienone is 1. The van der Waals surface area contributed by atoms with E-state index in [0.29, 0.717) is 5.92 Å². The van der Waals surface area contributed by atoms with Crippen LogP contribution in [0.4, 0.5) is 11.4 Å². The molecule has 2 aromatic rings. The normalized spacial score (nSPS) is 10.7. The zero-order chi connectivity index (χ0) is 17.0. The number of rotatable bonds is 6. The number of nitrogens with zero attached hydrogens (tertiary/aromatic N) is 2. The van der Waals surface area contributed by atoms with Crippen molar-refractivity contribution in [1.29, 1.82) is 0 Å². The standard InChI is InChI=1S/C21H28N2/c1-16(2)15-21(17-7-11-19(12-8-17)22(3)4)18-9-13-20(14-10-18)23(5)6/h7-14,21H,1,15H2,2-6H3. The number of benzene rings is 2. The lowest BCUT2D eigenvalue weighted by Gasteiger charge is -2.21. The molecule has 0 aliphatic heterocycles. The largest absolute Gasteiger partial charge is 0.378 e. The number of hydrogen-bond donors (Lipinski definition) is 0. The molecule has 2 nitrogen and oxygen atoms in total. The van der Waals surface area contributed by atoms with Gasteiger partial charge < -0.3 is 9.80 Å². The smallest absolute Gasteiger partial charge is 0.0361 e. The Bertz CT molecular complexity index is 585. The molecule has 0 saturated heterocycles. The topological polar surface area (TPSA) is 6.48 Å². The molecular weight excluding hydrogens is 280 g/mol. The molecule has 0 atom stereocenters. The van der Waals surface area contributed by atoms with Gasteiger partial charge in [0.25, 0.3) is 0 Å². The molecule has 0 saturated carbocycles. The van der Waals surface area contributed by atoms with E-state index in [1.807, 2.05) is 0 Å². The van der Waals surface area contributed by atoms with Crippen molar-refractivity contribution in [3.8, 4) is 0 Å². The fraction of sp³-hybridized carbons (Fsp3) is 0.333. The minimum atomic E-state index is 0.361. The second-order valence-corrected chi connectivity index (χ2v) is 6.69. The minimum Gasteiger partial charge on any atom is -0.378 e. The summed E-state index contributed by atoms with van der Waals surface area (Å²) in [7, 11) is 8.28. The third-order valence-electron chi connectivity index (χ3n) is 4.18. The summed E-state index contributed by atoms with van der Waals surface area (Å²) < 4.78 is 0. The van der Waals surface area contributed by atoms with Gasteiger partial charge in [0.2, 0.25) is 0 Å². The highest BCUT2D eigenvalue weighted by Crippen LogP contribution is 2.32. The van der Waals surface area contributed by atoms with Crippen molar-refractivity contribution in [1.82, 2.24) is 0 Å². The predicted molar refractivity (Wildman–Crippen MR) is 103 cm³/mol. The summed E-state index contributed by atoms with van der Waals surface area (Å²) in [6.07, 6.45) is 0.975.